The number of hydrogen-bond acceptors (Lipinski definition) is 0. The van der Waals surface area contributed by atoms with E-state index in [1.165, 1.54) is 43.4 Å². The Morgan fingerprint density at radius 1 is 0.400 bits per heavy atom. The fraction of sp³-hybridized carbons (Fsp3) is 0. The average Bonchev–Trinajstić information content (AvgIpc) is 2.68. The summed E-state index contributed by atoms with van der Waals surface area (Å²) in [5.74, 6) is 0. The number of hydrogen-bond donors (Lipinski definition) is 0. The van der Waals surface area contributed by atoms with Crippen molar-refractivity contribution in [2.24, 2.45) is 0 Å². The SMILES string of the molecule is Clc1ccc2c3ccccc3c3ccc(-c4ccccc4)cc3c2c1. The third-order valence-corrected chi connectivity index (χ3v) is 5.14. The molecule has 0 bridgehead atoms. The summed E-state index contributed by atoms with van der Waals surface area (Å²) in [4.78, 5) is 0. The smallest absolute Gasteiger partial charge is 0.0412 e. The lowest BCUT2D eigenvalue weighted by Gasteiger charge is -2.12. The fourth-order valence-corrected chi connectivity index (χ4v) is 3.91. The summed E-state index contributed by atoms with van der Waals surface area (Å²) in [6.45, 7) is 0. The summed E-state index contributed by atoms with van der Waals surface area (Å²) in [6.07, 6.45) is 0. The van der Waals surface area contributed by atoms with Crippen LogP contribution in [0.5, 0.6) is 0 Å². The zero-order valence-electron chi connectivity index (χ0n) is 13.5. The Hall–Kier alpha value is -2.83. The Balaban J connectivity index is 1.97. The van der Waals surface area contributed by atoms with E-state index in [1.54, 1.807) is 0 Å². The first-order chi connectivity index (χ1) is 12.3. The van der Waals surface area contributed by atoms with Crippen LogP contribution in [0.25, 0.3) is 43.4 Å². The normalized spacial score (nSPS) is 11.4. The highest BCUT2D eigenvalue weighted by molar-refractivity contribution is 6.33. The molecule has 118 valence electrons. The van der Waals surface area contributed by atoms with Gasteiger partial charge in [0.05, 0.1) is 0 Å². The standard InChI is InChI=1S/C24H15Cl/c25-18-11-13-22-20-9-5-4-8-19(20)21-12-10-17(14-23(21)24(22)15-18)16-6-2-1-3-7-16/h1-15H. The number of benzene rings is 5. The van der Waals surface area contributed by atoms with E-state index in [0.29, 0.717) is 0 Å². The lowest BCUT2D eigenvalue weighted by molar-refractivity contribution is 1.65. The van der Waals surface area contributed by atoms with Gasteiger partial charge in [0.15, 0.2) is 0 Å². The first kappa shape index (κ1) is 14.5. The Kier molecular flexibility index (Phi) is 3.26. The van der Waals surface area contributed by atoms with E-state index in [-0.39, 0.29) is 0 Å². The Labute approximate surface area is 151 Å². The zero-order valence-corrected chi connectivity index (χ0v) is 14.3. The van der Waals surface area contributed by atoms with Crippen LogP contribution in [0.1, 0.15) is 0 Å². The van der Waals surface area contributed by atoms with Crippen LogP contribution in [0.3, 0.4) is 0 Å². The molecule has 0 heterocycles. The molecule has 5 rings (SSSR count). The van der Waals surface area contributed by atoms with Crippen molar-refractivity contribution in [3.05, 3.63) is 96.0 Å². The topological polar surface area (TPSA) is 0 Å². The highest BCUT2D eigenvalue weighted by Gasteiger charge is 2.10. The molecule has 0 aliphatic carbocycles. The molecule has 0 atom stereocenters. The van der Waals surface area contributed by atoms with Gasteiger partial charge in [0.1, 0.15) is 0 Å². The third kappa shape index (κ3) is 2.30. The number of halogens is 1. The van der Waals surface area contributed by atoms with Crippen molar-refractivity contribution in [3.8, 4) is 11.1 Å². The van der Waals surface area contributed by atoms with Crippen LogP contribution in [-0.4, -0.2) is 0 Å². The van der Waals surface area contributed by atoms with Gasteiger partial charge in [-0.2, -0.15) is 0 Å². The summed E-state index contributed by atoms with van der Waals surface area (Å²) in [5.41, 5.74) is 2.46. The van der Waals surface area contributed by atoms with Crippen molar-refractivity contribution in [1.29, 1.82) is 0 Å². The molecule has 0 amide bonds. The maximum Gasteiger partial charge on any atom is 0.0412 e. The highest BCUT2D eigenvalue weighted by atomic mass is 35.5. The van der Waals surface area contributed by atoms with Gasteiger partial charge in [-0.3, -0.25) is 0 Å². The van der Waals surface area contributed by atoms with Crippen LogP contribution in [0.15, 0.2) is 91.0 Å². The maximum absolute atomic E-state index is 6.33. The van der Waals surface area contributed by atoms with Gasteiger partial charge in [0.2, 0.25) is 0 Å². The van der Waals surface area contributed by atoms with Crippen LogP contribution in [0.2, 0.25) is 5.02 Å². The molecule has 0 saturated carbocycles. The fourth-order valence-electron chi connectivity index (χ4n) is 3.74. The molecule has 0 saturated heterocycles. The van der Waals surface area contributed by atoms with Crippen LogP contribution >= 0.6 is 11.6 Å². The molecule has 0 radical (unpaired) electrons. The van der Waals surface area contributed by atoms with E-state index >= 15 is 0 Å². The minimum atomic E-state index is 0.772. The van der Waals surface area contributed by atoms with Gasteiger partial charge in [-0.1, -0.05) is 84.4 Å². The first-order valence-corrected chi connectivity index (χ1v) is 8.78. The predicted octanol–water partition coefficient (Wildman–Crippen LogP) is 7.47. The molecule has 1 heteroatoms. The molecule has 0 N–H and O–H groups in total. The predicted molar refractivity (Wildman–Crippen MR) is 109 cm³/mol. The lowest BCUT2D eigenvalue weighted by Crippen LogP contribution is -1.85. The van der Waals surface area contributed by atoms with Crippen LogP contribution in [0, 0.1) is 0 Å². The molecule has 0 aromatic heterocycles. The molecule has 0 aliphatic heterocycles. The lowest BCUT2D eigenvalue weighted by atomic mass is 9.92. The molecular formula is C24H15Cl. The summed E-state index contributed by atoms with van der Waals surface area (Å²) in [5, 5.41) is 8.30. The maximum atomic E-state index is 6.33. The summed E-state index contributed by atoms with van der Waals surface area (Å²) in [6, 6.07) is 32.0. The number of fused-ring (bicyclic) bond motifs is 6. The van der Waals surface area contributed by atoms with Crippen molar-refractivity contribution < 1.29 is 0 Å². The van der Waals surface area contributed by atoms with Crippen molar-refractivity contribution in [3.63, 3.8) is 0 Å². The first-order valence-electron chi connectivity index (χ1n) is 8.40. The van der Waals surface area contributed by atoms with Gasteiger partial charge in [0, 0.05) is 5.02 Å². The molecule has 5 aromatic rings. The summed E-state index contributed by atoms with van der Waals surface area (Å²) in [7, 11) is 0. The summed E-state index contributed by atoms with van der Waals surface area (Å²) < 4.78 is 0. The van der Waals surface area contributed by atoms with Crippen molar-refractivity contribution in [2.75, 3.05) is 0 Å². The minimum Gasteiger partial charge on any atom is -0.0843 e. The van der Waals surface area contributed by atoms with E-state index in [2.05, 4.69) is 78.9 Å². The van der Waals surface area contributed by atoms with Gasteiger partial charge >= 0.3 is 0 Å². The van der Waals surface area contributed by atoms with Crippen LogP contribution < -0.4 is 0 Å². The highest BCUT2D eigenvalue weighted by Crippen LogP contribution is 2.37. The Bertz CT molecular complexity index is 1240. The van der Waals surface area contributed by atoms with E-state index in [4.69, 9.17) is 11.6 Å². The van der Waals surface area contributed by atoms with Crippen molar-refractivity contribution in [1.82, 2.24) is 0 Å². The van der Waals surface area contributed by atoms with E-state index in [9.17, 15) is 0 Å². The second-order valence-corrected chi connectivity index (χ2v) is 6.80. The van der Waals surface area contributed by atoms with E-state index in [0.717, 1.165) is 5.02 Å². The molecule has 5 aromatic carbocycles. The quantitative estimate of drug-likeness (QED) is 0.278. The number of rotatable bonds is 1. The molecular weight excluding hydrogens is 324 g/mol. The van der Waals surface area contributed by atoms with E-state index < -0.39 is 0 Å². The third-order valence-electron chi connectivity index (χ3n) is 4.91. The second-order valence-electron chi connectivity index (χ2n) is 6.36. The van der Waals surface area contributed by atoms with Gasteiger partial charge < -0.3 is 0 Å². The Morgan fingerprint density at radius 3 is 1.68 bits per heavy atom. The molecule has 0 aliphatic rings. The summed E-state index contributed by atoms with van der Waals surface area (Å²) >= 11 is 6.33. The second kappa shape index (κ2) is 5.61. The van der Waals surface area contributed by atoms with Crippen molar-refractivity contribution >= 4 is 43.9 Å². The van der Waals surface area contributed by atoms with Gasteiger partial charge in [0.25, 0.3) is 0 Å². The molecule has 0 fully saturated rings. The molecule has 25 heavy (non-hydrogen) atoms. The Morgan fingerprint density at radius 2 is 0.960 bits per heavy atom. The van der Waals surface area contributed by atoms with Crippen LogP contribution in [0.4, 0.5) is 0 Å². The zero-order chi connectivity index (χ0) is 16.8. The molecule has 0 spiro atoms. The van der Waals surface area contributed by atoms with Gasteiger partial charge in [-0.25, -0.2) is 0 Å². The van der Waals surface area contributed by atoms with Crippen LogP contribution in [-0.2, 0) is 0 Å². The van der Waals surface area contributed by atoms with Crippen molar-refractivity contribution in [2.45, 2.75) is 0 Å². The largest absolute Gasteiger partial charge is 0.0843 e. The van der Waals surface area contributed by atoms with E-state index in [1.807, 2.05) is 12.1 Å². The van der Waals surface area contributed by atoms with Gasteiger partial charge in [-0.15, -0.1) is 0 Å². The molecule has 0 nitrogen and oxygen atoms in total. The molecule has 0 unspecified atom stereocenters. The monoisotopic (exact) mass is 338 g/mol. The average molecular weight is 339 g/mol. The minimum absolute atomic E-state index is 0.772. The van der Waals surface area contributed by atoms with Gasteiger partial charge in [-0.05, 0) is 61.6 Å².